The molecular formula is C15H17FN2O3. The maximum absolute atomic E-state index is 13.5. The summed E-state index contributed by atoms with van der Waals surface area (Å²) in [5.74, 6) is -0.657. The molecule has 1 amide bonds. The van der Waals surface area contributed by atoms with Crippen LogP contribution in [0.25, 0.3) is 0 Å². The maximum Gasteiger partial charge on any atom is 0.254 e. The van der Waals surface area contributed by atoms with Gasteiger partial charge in [-0.2, -0.15) is 0 Å². The zero-order chi connectivity index (χ0) is 15.4. The molecule has 0 aliphatic heterocycles. The van der Waals surface area contributed by atoms with Crippen LogP contribution < -0.4 is 5.32 Å². The van der Waals surface area contributed by atoms with Crippen LogP contribution in [-0.2, 0) is 6.42 Å². The van der Waals surface area contributed by atoms with Gasteiger partial charge in [0.25, 0.3) is 5.91 Å². The number of hydrogen-bond acceptors (Lipinski definition) is 4. The van der Waals surface area contributed by atoms with E-state index in [0.29, 0.717) is 13.0 Å². The molecule has 21 heavy (non-hydrogen) atoms. The summed E-state index contributed by atoms with van der Waals surface area (Å²) in [6, 6.07) is 3.45. The summed E-state index contributed by atoms with van der Waals surface area (Å²) >= 11 is 0. The molecule has 1 aromatic carbocycles. The largest absolute Gasteiger partial charge is 0.508 e. The molecule has 0 radical (unpaired) electrons. The molecule has 6 heteroatoms. The van der Waals surface area contributed by atoms with Crippen LogP contribution in [0.15, 0.2) is 22.7 Å². The number of aryl methyl sites for hydroxylation is 2. The molecule has 0 saturated heterocycles. The lowest BCUT2D eigenvalue weighted by atomic mass is 10.1. The predicted octanol–water partition coefficient (Wildman–Crippen LogP) is 2.50. The third kappa shape index (κ3) is 3.59. The van der Waals surface area contributed by atoms with Crippen molar-refractivity contribution in [3.63, 3.8) is 0 Å². The van der Waals surface area contributed by atoms with E-state index in [1.165, 1.54) is 12.1 Å². The molecule has 0 aliphatic carbocycles. The van der Waals surface area contributed by atoms with Gasteiger partial charge in [-0.15, -0.1) is 0 Å². The van der Waals surface area contributed by atoms with Gasteiger partial charge < -0.3 is 14.9 Å². The molecule has 112 valence electrons. The van der Waals surface area contributed by atoms with Crippen molar-refractivity contribution < 1.29 is 18.8 Å². The van der Waals surface area contributed by atoms with Gasteiger partial charge in [0.05, 0.1) is 11.3 Å². The van der Waals surface area contributed by atoms with E-state index < -0.39 is 11.7 Å². The second kappa shape index (κ2) is 6.39. The van der Waals surface area contributed by atoms with E-state index in [1.54, 1.807) is 0 Å². The van der Waals surface area contributed by atoms with Gasteiger partial charge in [0.1, 0.15) is 17.3 Å². The van der Waals surface area contributed by atoms with E-state index in [4.69, 9.17) is 9.63 Å². The summed E-state index contributed by atoms with van der Waals surface area (Å²) in [5.41, 5.74) is 1.81. The molecule has 1 heterocycles. The minimum absolute atomic E-state index is 0.0786. The highest BCUT2D eigenvalue weighted by atomic mass is 19.1. The Morgan fingerprint density at radius 2 is 2.19 bits per heavy atom. The van der Waals surface area contributed by atoms with Crippen molar-refractivity contribution in [1.29, 1.82) is 0 Å². The van der Waals surface area contributed by atoms with Gasteiger partial charge in [-0.3, -0.25) is 4.79 Å². The molecule has 0 unspecified atom stereocenters. The van der Waals surface area contributed by atoms with Crippen molar-refractivity contribution in [1.82, 2.24) is 10.5 Å². The fourth-order valence-electron chi connectivity index (χ4n) is 2.11. The third-order valence-electron chi connectivity index (χ3n) is 3.27. The first-order valence-corrected chi connectivity index (χ1v) is 6.67. The number of rotatable bonds is 5. The van der Waals surface area contributed by atoms with Crippen molar-refractivity contribution in [2.75, 3.05) is 6.54 Å². The number of carbonyl (C=O) groups excluding carboxylic acids is 1. The quantitative estimate of drug-likeness (QED) is 0.830. The number of aromatic nitrogens is 1. The smallest absolute Gasteiger partial charge is 0.254 e. The van der Waals surface area contributed by atoms with E-state index in [1.807, 2.05) is 13.8 Å². The second-order valence-electron chi connectivity index (χ2n) is 4.83. The lowest BCUT2D eigenvalue weighted by Crippen LogP contribution is -2.25. The molecule has 1 aromatic heterocycles. The molecule has 5 nitrogen and oxygen atoms in total. The molecule has 2 rings (SSSR count). The van der Waals surface area contributed by atoms with E-state index in [9.17, 15) is 9.18 Å². The van der Waals surface area contributed by atoms with Crippen molar-refractivity contribution >= 4 is 5.91 Å². The van der Waals surface area contributed by atoms with Crippen LogP contribution in [-0.4, -0.2) is 22.7 Å². The number of hydrogen-bond donors (Lipinski definition) is 2. The minimum Gasteiger partial charge on any atom is -0.508 e. The third-order valence-corrected chi connectivity index (χ3v) is 3.27. The van der Waals surface area contributed by atoms with Gasteiger partial charge in [0.15, 0.2) is 0 Å². The fourth-order valence-corrected chi connectivity index (χ4v) is 2.11. The lowest BCUT2D eigenvalue weighted by molar-refractivity contribution is 0.0949. The summed E-state index contributed by atoms with van der Waals surface area (Å²) in [6.07, 6.45) is 1.44. The molecule has 0 spiro atoms. The minimum atomic E-state index is -0.738. The maximum atomic E-state index is 13.5. The van der Waals surface area contributed by atoms with Gasteiger partial charge >= 0.3 is 0 Å². The lowest BCUT2D eigenvalue weighted by Gasteiger charge is -2.06. The van der Waals surface area contributed by atoms with Gasteiger partial charge in [-0.25, -0.2) is 4.39 Å². The van der Waals surface area contributed by atoms with Gasteiger partial charge in [0, 0.05) is 18.2 Å². The Morgan fingerprint density at radius 3 is 2.81 bits per heavy atom. The normalized spacial score (nSPS) is 10.6. The molecule has 0 atom stereocenters. The predicted molar refractivity (Wildman–Crippen MR) is 74.7 cm³/mol. The topological polar surface area (TPSA) is 75.4 Å². The van der Waals surface area contributed by atoms with Crippen LogP contribution >= 0.6 is 0 Å². The Kier molecular flexibility index (Phi) is 4.57. The Balaban J connectivity index is 1.85. The molecule has 0 fully saturated rings. The average Bonchev–Trinajstić information content (AvgIpc) is 2.74. The zero-order valence-corrected chi connectivity index (χ0v) is 11.9. The van der Waals surface area contributed by atoms with E-state index in [2.05, 4.69) is 10.5 Å². The van der Waals surface area contributed by atoms with Gasteiger partial charge in [-0.05, 0) is 38.8 Å². The van der Waals surface area contributed by atoms with E-state index in [-0.39, 0.29) is 11.3 Å². The SMILES string of the molecule is Cc1noc(C)c1CCCNC(=O)c1ccc(O)cc1F. The summed E-state index contributed by atoms with van der Waals surface area (Å²) in [5, 5.41) is 15.6. The first-order valence-electron chi connectivity index (χ1n) is 6.67. The van der Waals surface area contributed by atoms with Gasteiger partial charge in [-0.1, -0.05) is 5.16 Å². The number of halogens is 1. The Bertz CT molecular complexity index is 633. The van der Waals surface area contributed by atoms with Crippen LogP contribution in [0.4, 0.5) is 4.39 Å². The molecule has 2 N–H and O–H groups in total. The highest BCUT2D eigenvalue weighted by Crippen LogP contribution is 2.15. The summed E-state index contributed by atoms with van der Waals surface area (Å²) in [7, 11) is 0. The van der Waals surface area contributed by atoms with Crippen LogP contribution in [0.1, 0.15) is 33.8 Å². The highest BCUT2D eigenvalue weighted by molar-refractivity contribution is 5.94. The highest BCUT2D eigenvalue weighted by Gasteiger charge is 2.12. The first-order chi connectivity index (χ1) is 9.99. The van der Waals surface area contributed by atoms with Crippen LogP contribution in [0.5, 0.6) is 5.75 Å². The van der Waals surface area contributed by atoms with Gasteiger partial charge in [0.2, 0.25) is 0 Å². The zero-order valence-electron chi connectivity index (χ0n) is 11.9. The number of phenols is 1. The second-order valence-corrected chi connectivity index (χ2v) is 4.83. The molecule has 2 aromatic rings. The number of nitrogens with zero attached hydrogens (tertiary/aromatic N) is 1. The molecule has 0 bridgehead atoms. The molecule has 0 saturated carbocycles. The number of carbonyl (C=O) groups is 1. The average molecular weight is 292 g/mol. The Labute approximate surface area is 121 Å². The Morgan fingerprint density at radius 1 is 1.43 bits per heavy atom. The van der Waals surface area contributed by atoms with Crippen LogP contribution in [0.2, 0.25) is 0 Å². The fraction of sp³-hybridized carbons (Fsp3) is 0.333. The number of phenolic OH excluding ortho intramolecular Hbond substituents is 1. The summed E-state index contributed by atoms with van der Waals surface area (Å²) in [4.78, 5) is 11.8. The molecule has 0 aliphatic rings. The van der Waals surface area contributed by atoms with Crippen molar-refractivity contribution in [2.45, 2.75) is 26.7 Å². The van der Waals surface area contributed by atoms with Crippen molar-refractivity contribution in [3.05, 3.63) is 46.6 Å². The summed E-state index contributed by atoms with van der Waals surface area (Å²) in [6.45, 7) is 4.14. The van der Waals surface area contributed by atoms with E-state index in [0.717, 1.165) is 29.5 Å². The number of aromatic hydroxyl groups is 1. The number of nitrogens with one attached hydrogen (secondary N) is 1. The first kappa shape index (κ1) is 15.0. The molecular weight excluding hydrogens is 275 g/mol. The number of amides is 1. The monoisotopic (exact) mass is 292 g/mol. The Hall–Kier alpha value is -2.37. The standard InChI is InChI=1S/C15H17FN2O3/c1-9-12(10(2)21-18-9)4-3-7-17-15(20)13-6-5-11(19)8-14(13)16/h5-6,8,19H,3-4,7H2,1-2H3,(H,17,20). The van der Waals surface area contributed by atoms with Crippen LogP contribution in [0.3, 0.4) is 0 Å². The van der Waals surface area contributed by atoms with E-state index >= 15 is 0 Å². The summed E-state index contributed by atoms with van der Waals surface area (Å²) < 4.78 is 18.6. The van der Waals surface area contributed by atoms with Crippen LogP contribution in [0, 0.1) is 19.7 Å². The number of benzene rings is 1. The van der Waals surface area contributed by atoms with Crippen molar-refractivity contribution in [3.8, 4) is 5.75 Å². The van der Waals surface area contributed by atoms with Crippen molar-refractivity contribution in [2.24, 2.45) is 0 Å².